The first-order valence-electron chi connectivity index (χ1n) is 12.4. The molecule has 0 fully saturated rings. The van der Waals surface area contributed by atoms with Crippen molar-refractivity contribution in [3.63, 3.8) is 0 Å². The fraction of sp³-hybridized carbons (Fsp3) is 0.400. The Hall–Kier alpha value is -3.54. The Morgan fingerprint density at radius 1 is 0.972 bits per heavy atom. The SMILES string of the molecule is CC(=O)Oc1c(C)c(C)c2c(c1C)CCC(C)(CCOC(=O)CCOc1cccc3ccccc13)O2. The highest BCUT2D eigenvalue weighted by Gasteiger charge is 2.35. The smallest absolute Gasteiger partial charge is 0.309 e. The van der Waals surface area contributed by atoms with Crippen molar-refractivity contribution in [2.75, 3.05) is 13.2 Å². The first-order chi connectivity index (χ1) is 17.2. The van der Waals surface area contributed by atoms with Crippen LogP contribution in [0.5, 0.6) is 17.2 Å². The lowest BCUT2D eigenvalue weighted by atomic mass is 9.86. The van der Waals surface area contributed by atoms with Crippen molar-refractivity contribution in [2.24, 2.45) is 0 Å². The Balaban J connectivity index is 1.30. The first-order valence-corrected chi connectivity index (χ1v) is 12.4. The van der Waals surface area contributed by atoms with Crippen LogP contribution in [0, 0.1) is 20.8 Å². The van der Waals surface area contributed by atoms with Gasteiger partial charge in [0.1, 0.15) is 22.8 Å². The van der Waals surface area contributed by atoms with Crippen molar-refractivity contribution < 1.29 is 28.5 Å². The summed E-state index contributed by atoms with van der Waals surface area (Å²) in [6, 6.07) is 13.9. The standard InChI is InChI=1S/C30H34O6/c1-19-20(2)29-24(21(3)28(19)35-22(4)31)13-15-30(5,36-29)16-18-34-27(32)14-17-33-26-12-8-10-23-9-6-7-11-25(23)26/h6-12H,13-18H2,1-5H3. The number of benzene rings is 3. The summed E-state index contributed by atoms with van der Waals surface area (Å²) in [6.45, 7) is 9.91. The summed E-state index contributed by atoms with van der Waals surface area (Å²) < 4.78 is 23.3. The quantitative estimate of drug-likeness (QED) is 0.278. The Morgan fingerprint density at radius 3 is 2.50 bits per heavy atom. The minimum absolute atomic E-state index is 0.181. The number of fused-ring (bicyclic) bond motifs is 2. The van der Waals surface area contributed by atoms with E-state index in [0.29, 0.717) is 12.2 Å². The third-order valence-corrected chi connectivity index (χ3v) is 7.02. The van der Waals surface area contributed by atoms with Gasteiger partial charge in [-0.05, 0) is 68.7 Å². The van der Waals surface area contributed by atoms with Crippen LogP contribution in [0.25, 0.3) is 10.8 Å². The van der Waals surface area contributed by atoms with Crippen LogP contribution in [0.1, 0.15) is 55.4 Å². The van der Waals surface area contributed by atoms with Crippen LogP contribution < -0.4 is 14.2 Å². The van der Waals surface area contributed by atoms with E-state index >= 15 is 0 Å². The molecule has 1 aliphatic rings. The van der Waals surface area contributed by atoms with Gasteiger partial charge in [0.15, 0.2) is 0 Å². The summed E-state index contributed by atoms with van der Waals surface area (Å²) in [4.78, 5) is 23.9. The number of carbonyl (C=O) groups excluding carboxylic acids is 2. The highest BCUT2D eigenvalue weighted by atomic mass is 16.5. The zero-order valence-electron chi connectivity index (χ0n) is 21.7. The molecule has 0 amide bonds. The Bertz CT molecular complexity index is 1290. The maximum Gasteiger partial charge on any atom is 0.309 e. The predicted molar refractivity (Wildman–Crippen MR) is 139 cm³/mol. The molecule has 0 saturated carbocycles. The van der Waals surface area contributed by atoms with Crippen molar-refractivity contribution in [3.8, 4) is 17.2 Å². The lowest BCUT2D eigenvalue weighted by molar-refractivity contribution is -0.145. The molecule has 0 aromatic heterocycles. The molecule has 36 heavy (non-hydrogen) atoms. The summed E-state index contributed by atoms with van der Waals surface area (Å²) in [6.07, 6.45) is 2.36. The molecule has 0 spiro atoms. The van der Waals surface area contributed by atoms with Gasteiger partial charge in [0, 0.05) is 24.3 Å². The van der Waals surface area contributed by atoms with E-state index in [0.717, 1.165) is 57.4 Å². The van der Waals surface area contributed by atoms with Gasteiger partial charge in [-0.25, -0.2) is 0 Å². The maximum atomic E-state index is 12.3. The molecule has 0 N–H and O–H groups in total. The Kier molecular flexibility index (Phi) is 7.53. The normalized spacial score (nSPS) is 16.7. The molecule has 1 atom stereocenters. The van der Waals surface area contributed by atoms with Gasteiger partial charge >= 0.3 is 11.9 Å². The Labute approximate surface area is 212 Å². The zero-order chi connectivity index (χ0) is 25.9. The number of hydrogen-bond acceptors (Lipinski definition) is 6. The van der Waals surface area contributed by atoms with Crippen molar-refractivity contribution in [1.29, 1.82) is 0 Å². The number of ether oxygens (including phenoxy) is 4. The molecule has 0 bridgehead atoms. The second kappa shape index (κ2) is 10.6. The van der Waals surface area contributed by atoms with Gasteiger partial charge in [-0.3, -0.25) is 9.59 Å². The molecular weight excluding hydrogens is 456 g/mol. The average Bonchev–Trinajstić information content (AvgIpc) is 2.85. The van der Waals surface area contributed by atoms with Crippen molar-refractivity contribution in [2.45, 2.75) is 65.9 Å². The van der Waals surface area contributed by atoms with E-state index in [9.17, 15) is 9.59 Å². The van der Waals surface area contributed by atoms with Crippen LogP contribution >= 0.6 is 0 Å². The molecular formula is C30H34O6. The monoisotopic (exact) mass is 490 g/mol. The molecule has 1 heterocycles. The fourth-order valence-corrected chi connectivity index (χ4v) is 4.77. The fourth-order valence-electron chi connectivity index (χ4n) is 4.77. The number of rotatable bonds is 8. The topological polar surface area (TPSA) is 71.1 Å². The molecule has 4 rings (SSSR count). The summed E-state index contributed by atoms with van der Waals surface area (Å²) in [5.74, 6) is 1.63. The molecule has 0 aliphatic carbocycles. The predicted octanol–water partition coefficient (Wildman–Crippen LogP) is 6.18. The summed E-state index contributed by atoms with van der Waals surface area (Å²) >= 11 is 0. The molecule has 190 valence electrons. The minimum Gasteiger partial charge on any atom is -0.492 e. The molecule has 1 aliphatic heterocycles. The number of hydrogen-bond donors (Lipinski definition) is 0. The minimum atomic E-state index is -0.445. The van der Waals surface area contributed by atoms with E-state index in [-0.39, 0.29) is 31.6 Å². The van der Waals surface area contributed by atoms with E-state index in [2.05, 4.69) is 6.92 Å². The highest BCUT2D eigenvalue weighted by Crippen LogP contribution is 2.44. The van der Waals surface area contributed by atoms with Gasteiger partial charge in [-0.1, -0.05) is 36.4 Å². The van der Waals surface area contributed by atoms with Crippen molar-refractivity contribution in [3.05, 3.63) is 64.7 Å². The lowest BCUT2D eigenvalue weighted by Gasteiger charge is -2.38. The largest absolute Gasteiger partial charge is 0.492 e. The van der Waals surface area contributed by atoms with Crippen molar-refractivity contribution in [1.82, 2.24) is 0 Å². The lowest BCUT2D eigenvalue weighted by Crippen LogP contribution is -2.38. The highest BCUT2D eigenvalue weighted by molar-refractivity contribution is 5.88. The second-order valence-corrected chi connectivity index (χ2v) is 9.70. The first kappa shape index (κ1) is 25.5. The third kappa shape index (κ3) is 5.48. The second-order valence-electron chi connectivity index (χ2n) is 9.70. The third-order valence-electron chi connectivity index (χ3n) is 7.02. The molecule has 3 aromatic carbocycles. The maximum absolute atomic E-state index is 12.3. The molecule has 3 aromatic rings. The van der Waals surface area contributed by atoms with Gasteiger partial charge in [-0.2, -0.15) is 0 Å². The Morgan fingerprint density at radius 2 is 1.72 bits per heavy atom. The van der Waals surface area contributed by atoms with Crippen LogP contribution in [-0.4, -0.2) is 30.8 Å². The summed E-state index contributed by atoms with van der Waals surface area (Å²) in [5.41, 5.74) is 3.46. The molecule has 0 saturated heterocycles. The van der Waals surface area contributed by atoms with E-state index in [1.165, 1.54) is 6.92 Å². The zero-order valence-corrected chi connectivity index (χ0v) is 21.7. The van der Waals surface area contributed by atoms with Gasteiger partial charge < -0.3 is 18.9 Å². The van der Waals surface area contributed by atoms with Crippen molar-refractivity contribution >= 4 is 22.7 Å². The average molecular weight is 491 g/mol. The van der Waals surface area contributed by atoms with E-state index in [1.54, 1.807) is 0 Å². The van der Waals surface area contributed by atoms with Gasteiger partial charge in [0.05, 0.1) is 19.6 Å². The number of esters is 2. The summed E-state index contributed by atoms with van der Waals surface area (Å²) in [5, 5.41) is 2.12. The van der Waals surface area contributed by atoms with E-state index in [1.807, 2.05) is 63.2 Å². The van der Waals surface area contributed by atoms with Crippen LogP contribution in [0.4, 0.5) is 0 Å². The van der Waals surface area contributed by atoms with E-state index in [4.69, 9.17) is 18.9 Å². The molecule has 1 unspecified atom stereocenters. The van der Waals surface area contributed by atoms with E-state index < -0.39 is 5.60 Å². The van der Waals surface area contributed by atoms with Gasteiger partial charge in [-0.15, -0.1) is 0 Å². The van der Waals surface area contributed by atoms with Gasteiger partial charge in [0.2, 0.25) is 0 Å². The molecule has 0 radical (unpaired) electrons. The number of carbonyl (C=O) groups is 2. The molecule has 6 nitrogen and oxygen atoms in total. The van der Waals surface area contributed by atoms with Gasteiger partial charge in [0.25, 0.3) is 0 Å². The van der Waals surface area contributed by atoms with Crippen LogP contribution in [0.2, 0.25) is 0 Å². The summed E-state index contributed by atoms with van der Waals surface area (Å²) in [7, 11) is 0. The van der Waals surface area contributed by atoms with Crippen LogP contribution in [-0.2, 0) is 20.7 Å². The van der Waals surface area contributed by atoms with Crippen LogP contribution in [0.3, 0.4) is 0 Å². The van der Waals surface area contributed by atoms with Crippen LogP contribution in [0.15, 0.2) is 42.5 Å². The molecule has 6 heteroatoms.